The lowest BCUT2D eigenvalue weighted by Crippen LogP contribution is -2.18. The highest BCUT2D eigenvalue weighted by Gasteiger charge is 2.29. The maximum atomic E-state index is 11.3. The highest BCUT2D eigenvalue weighted by atomic mass is 19.4. The zero-order valence-electron chi connectivity index (χ0n) is 5.76. The number of carbonyl (C=O) groups is 1. The Kier molecular flexibility index (Phi) is 4.12. The van der Waals surface area contributed by atoms with Gasteiger partial charge in [-0.2, -0.15) is 18.1 Å². The van der Waals surface area contributed by atoms with Gasteiger partial charge in [0, 0.05) is 0 Å². The Labute approximate surface area is 65.4 Å². The van der Waals surface area contributed by atoms with Crippen LogP contribution in [0, 0.1) is 0 Å². The zero-order valence-corrected chi connectivity index (χ0v) is 5.76. The average Bonchev–Trinajstić information content (AvgIpc) is 1.84. The standard InChI is InChI=1S/C5H5F3O4/c1-2-10-4(9)12-11-3-5(6,7)8/h2H,1,3H2. The summed E-state index contributed by atoms with van der Waals surface area (Å²) in [6.07, 6.45) is -5.26. The first-order chi connectivity index (χ1) is 5.45. The summed E-state index contributed by atoms with van der Waals surface area (Å²) in [5.74, 6) is 0. The van der Waals surface area contributed by atoms with Crippen molar-refractivity contribution in [2.45, 2.75) is 6.18 Å². The van der Waals surface area contributed by atoms with E-state index in [1.54, 1.807) is 0 Å². The first-order valence-electron chi connectivity index (χ1n) is 2.63. The third-order valence-electron chi connectivity index (χ3n) is 0.529. The Morgan fingerprint density at radius 3 is 2.50 bits per heavy atom. The normalized spacial score (nSPS) is 10.6. The molecule has 12 heavy (non-hydrogen) atoms. The summed E-state index contributed by atoms with van der Waals surface area (Å²) >= 11 is 0. The largest absolute Gasteiger partial charge is 0.545 e. The van der Waals surface area contributed by atoms with Crippen molar-refractivity contribution in [3.8, 4) is 0 Å². The maximum absolute atomic E-state index is 11.3. The molecule has 0 aromatic rings. The van der Waals surface area contributed by atoms with E-state index >= 15 is 0 Å². The summed E-state index contributed by atoms with van der Waals surface area (Å²) in [4.78, 5) is 17.1. The Morgan fingerprint density at radius 2 is 2.08 bits per heavy atom. The van der Waals surface area contributed by atoms with E-state index in [0.717, 1.165) is 0 Å². The van der Waals surface area contributed by atoms with Gasteiger partial charge in [0.2, 0.25) is 0 Å². The number of hydrogen-bond acceptors (Lipinski definition) is 4. The van der Waals surface area contributed by atoms with Crippen molar-refractivity contribution in [1.29, 1.82) is 0 Å². The molecule has 0 heterocycles. The zero-order chi connectivity index (χ0) is 9.61. The molecule has 0 N–H and O–H groups in total. The molecule has 0 aliphatic heterocycles. The molecule has 0 unspecified atom stereocenters. The first kappa shape index (κ1) is 10.8. The summed E-state index contributed by atoms with van der Waals surface area (Å²) in [6, 6.07) is 0. The monoisotopic (exact) mass is 186 g/mol. The number of alkyl halides is 3. The van der Waals surface area contributed by atoms with Crippen molar-refractivity contribution in [2.24, 2.45) is 0 Å². The van der Waals surface area contributed by atoms with Gasteiger partial charge in [-0.25, -0.2) is 4.79 Å². The first-order valence-corrected chi connectivity index (χ1v) is 2.63. The lowest BCUT2D eigenvalue weighted by Gasteiger charge is -2.04. The SMILES string of the molecule is C=COC(=O)OOCC(F)(F)F. The van der Waals surface area contributed by atoms with Crippen molar-refractivity contribution in [1.82, 2.24) is 0 Å². The number of hydrogen-bond donors (Lipinski definition) is 0. The molecule has 0 aliphatic carbocycles. The van der Waals surface area contributed by atoms with Crippen LogP contribution in [-0.2, 0) is 14.5 Å². The Balaban J connectivity index is 3.43. The van der Waals surface area contributed by atoms with E-state index in [9.17, 15) is 18.0 Å². The minimum atomic E-state index is -4.55. The van der Waals surface area contributed by atoms with Gasteiger partial charge >= 0.3 is 12.3 Å². The Bertz CT molecular complexity index is 165. The molecule has 0 aromatic carbocycles. The molecule has 0 aliphatic rings. The van der Waals surface area contributed by atoms with Crippen molar-refractivity contribution in [3.05, 3.63) is 12.8 Å². The predicted octanol–water partition coefficient (Wildman–Crippen LogP) is 1.78. The summed E-state index contributed by atoms with van der Waals surface area (Å²) < 4.78 is 37.8. The number of rotatable bonds is 3. The van der Waals surface area contributed by atoms with Crippen LogP contribution in [0.15, 0.2) is 12.8 Å². The molecule has 0 bridgehead atoms. The number of carbonyl (C=O) groups excluding carboxylic acids is 1. The van der Waals surface area contributed by atoms with Crippen LogP contribution in [0.25, 0.3) is 0 Å². The van der Waals surface area contributed by atoms with Gasteiger partial charge in [-0.3, -0.25) is 4.89 Å². The van der Waals surface area contributed by atoms with Crippen LogP contribution in [0.2, 0.25) is 0 Å². The second-order valence-corrected chi connectivity index (χ2v) is 1.50. The van der Waals surface area contributed by atoms with Gasteiger partial charge in [0.25, 0.3) is 0 Å². The highest BCUT2D eigenvalue weighted by Crippen LogP contribution is 2.14. The molecule has 0 saturated carbocycles. The van der Waals surface area contributed by atoms with Gasteiger partial charge < -0.3 is 4.74 Å². The van der Waals surface area contributed by atoms with Crippen LogP contribution < -0.4 is 0 Å². The second-order valence-electron chi connectivity index (χ2n) is 1.50. The molecular weight excluding hydrogens is 181 g/mol. The number of ether oxygens (including phenoxy) is 1. The third kappa shape index (κ3) is 6.87. The molecule has 0 radical (unpaired) electrons. The predicted molar refractivity (Wildman–Crippen MR) is 29.8 cm³/mol. The van der Waals surface area contributed by atoms with E-state index in [1.165, 1.54) is 0 Å². The summed E-state index contributed by atoms with van der Waals surface area (Å²) in [5.41, 5.74) is 0. The average molecular weight is 186 g/mol. The Hall–Kier alpha value is -1.24. The minimum Gasteiger partial charge on any atom is -0.402 e. The van der Waals surface area contributed by atoms with Crippen LogP contribution in [-0.4, -0.2) is 18.9 Å². The maximum Gasteiger partial charge on any atom is 0.545 e. The molecule has 7 heteroatoms. The summed E-state index contributed by atoms with van der Waals surface area (Å²) in [5, 5.41) is 0. The van der Waals surface area contributed by atoms with Crippen LogP contribution in [0.5, 0.6) is 0 Å². The van der Waals surface area contributed by atoms with Crippen LogP contribution in [0.3, 0.4) is 0 Å². The van der Waals surface area contributed by atoms with E-state index < -0.39 is 18.9 Å². The van der Waals surface area contributed by atoms with Gasteiger partial charge in [-0.15, -0.1) is 0 Å². The smallest absolute Gasteiger partial charge is 0.402 e. The van der Waals surface area contributed by atoms with E-state index in [2.05, 4.69) is 21.1 Å². The summed E-state index contributed by atoms with van der Waals surface area (Å²) in [7, 11) is 0. The molecule has 0 spiro atoms. The van der Waals surface area contributed by atoms with Gasteiger partial charge in [0.1, 0.15) is 0 Å². The van der Waals surface area contributed by atoms with Gasteiger partial charge in [-0.1, -0.05) is 6.58 Å². The lowest BCUT2D eigenvalue weighted by atomic mass is 10.7. The molecule has 0 atom stereocenters. The third-order valence-corrected chi connectivity index (χ3v) is 0.529. The van der Waals surface area contributed by atoms with Crippen LogP contribution >= 0.6 is 0 Å². The Morgan fingerprint density at radius 1 is 1.50 bits per heavy atom. The molecule has 4 nitrogen and oxygen atoms in total. The minimum absolute atomic E-state index is 0.694. The topological polar surface area (TPSA) is 44.8 Å². The van der Waals surface area contributed by atoms with Gasteiger partial charge in [0.05, 0.1) is 6.26 Å². The van der Waals surface area contributed by atoms with E-state index in [1.807, 2.05) is 0 Å². The fourth-order valence-corrected chi connectivity index (χ4v) is 0.232. The fraction of sp³-hybridized carbons (Fsp3) is 0.400. The molecular formula is C5H5F3O4. The number of halogens is 3. The van der Waals surface area contributed by atoms with E-state index in [4.69, 9.17) is 0 Å². The quantitative estimate of drug-likeness (QED) is 0.291. The molecule has 70 valence electrons. The van der Waals surface area contributed by atoms with E-state index in [0.29, 0.717) is 6.26 Å². The lowest BCUT2D eigenvalue weighted by molar-refractivity contribution is -0.308. The molecule has 0 amide bonds. The van der Waals surface area contributed by atoms with Crippen molar-refractivity contribution in [2.75, 3.05) is 6.61 Å². The molecule has 0 fully saturated rings. The van der Waals surface area contributed by atoms with Crippen LogP contribution in [0.1, 0.15) is 0 Å². The van der Waals surface area contributed by atoms with E-state index in [-0.39, 0.29) is 0 Å². The molecule has 0 rings (SSSR count). The molecule has 0 aromatic heterocycles. The van der Waals surface area contributed by atoms with Crippen molar-refractivity contribution < 1.29 is 32.5 Å². The molecule has 0 saturated heterocycles. The van der Waals surface area contributed by atoms with Crippen molar-refractivity contribution in [3.63, 3.8) is 0 Å². The fourth-order valence-electron chi connectivity index (χ4n) is 0.232. The summed E-state index contributed by atoms with van der Waals surface area (Å²) in [6.45, 7) is 1.28. The van der Waals surface area contributed by atoms with Crippen molar-refractivity contribution >= 4 is 6.16 Å². The van der Waals surface area contributed by atoms with Gasteiger partial charge in [0.15, 0.2) is 6.61 Å². The second kappa shape index (κ2) is 4.60. The van der Waals surface area contributed by atoms with Gasteiger partial charge in [-0.05, 0) is 0 Å². The van der Waals surface area contributed by atoms with Crippen LogP contribution in [0.4, 0.5) is 18.0 Å². The highest BCUT2D eigenvalue weighted by molar-refractivity contribution is 5.59.